The van der Waals surface area contributed by atoms with Crippen molar-refractivity contribution in [3.8, 4) is 0 Å². The maximum Gasteiger partial charge on any atom is 0.187 e. The average molecular weight is 258 g/mol. The molecule has 1 saturated heterocycles. The van der Waals surface area contributed by atoms with E-state index in [4.69, 9.17) is 11.6 Å². The fourth-order valence-corrected chi connectivity index (χ4v) is 3.96. The monoisotopic (exact) mass is 257 g/mol. The third kappa shape index (κ3) is 1.82. The van der Waals surface area contributed by atoms with E-state index in [9.17, 15) is 0 Å². The van der Waals surface area contributed by atoms with Crippen molar-refractivity contribution in [2.75, 3.05) is 18.0 Å². The van der Waals surface area contributed by atoms with Gasteiger partial charge in [-0.25, -0.2) is 0 Å². The van der Waals surface area contributed by atoms with Crippen LogP contribution in [0.15, 0.2) is 0 Å². The Morgan fingerprint density at radius 1 is 1.06 bits per heavy atom. The predicted octanol–water partition coefficient (Wildman–Crippen LogP) is 3.35. The van der Waals surface area contributed by atoms with E-state index >= 15 is 0 Å². The van der Waals surface area contributed by atoms with Crippen LogP contribution in [0.4, 0.5) is 5.82 Å². The summed E-state index contributed by atoms with van der Waals surface area (Å²) in [5.41, 5.74) is 0.659. The van der Waals surface area contributed by atoms with Crippen LogP contribution in [0.2, 0.25) is 5.15 Å². The summed E-state index contributed by atoms with van der Waals surface area (Å²) in [6.07, 6.45) is 8.34. The van der Waals surface area contributed by atoms with Gasteiger partial charge in [0.1, 0.15) is 0 Å². The number of halogens is 1. The summed E-state index contributed by atoms with van der Waals surface area (Å²) in [4.78, 5) is 2.30. The minimum Gasteiger partial charge on any atom is -0.353 e. The molecule has 5 heteroatoms. The highest BCUT2D eigenvalue weighted by Gasteiger charge is 2.37. The van der Waals surface area contributed by atoms with Gasteiger partial charge in [0.2, 0.25) is 0 Å². The predicted molar refractivity (Wildman–Crippen MR) is 67.3 cm³/mol. The molecule has 0 N–H and O–H groups in total. The van der Waals surface area contributed by atoms with Crippen molar-refractivity contribution in [3.05, 3.63) is 5.15 Å². The molecule has 0 bridgehead atoms. The molecule has 2 fully saturated rings. The van der Waals surface area contributed by atoms with E-state index in [0.717, 1.165) is 18.9 Å². The first kappa shape index (κ1) is 10.8. The highest BCUT2D eigenvalue weighted by atomic mass is 35.5. The van der Waals surface area contributed by atoms with Crippen molar-refractivity contribution in [2.45, 2.75) is 38.5 Å². The molecule has 0 radical (unpaired) electrons. The molecule has 3 nitrogen and oxygen atoms in total. The second-order valence-electron chi connectivity index (χ2n) is 5.07. The van der Waals surface area contributed by atoms with Crippen LogP contribution in [-0.2, 0) is 0 Å². The number of aromatic nitrogens is 2. The van der Waals surface area contributed by atoms with Gasteiger partial charge in [0.05, 0.1) is 11.7 Å². The molecule has 2 heterocycles. The summed E-state index contributed by atoms with van der Waals surface area (Å²) in [7, 11) is 0. The molecule has 2 aliphatic rings. The lowest BCUT2D eigenvalue weighted by molar-refractivity contribution is 0.226. The first-order valence-corrected chi connectivity index (χ1v) is 7.13. The minimum atomic E-state index is 0.576. The van der Waals surface area contributed by atoms with Crippen LogP contribution in [0.25, 0.3) is 0 Å². The van der Waals surface area contributed by atoms with Crippen molar-refractivity contribution in [3.63, 3.8) is 0 Å². The van der Waals surface area contributed by atoms with E-state index in [1.54, 1.807) is 0 Å². The summed E-state index contributed by atoms with van der Waals surface area (Å²) in [6, 6.07) is 0. The van der Waals surface area contributed by atoms with Crippen molar-refractivity contribution < 1.29 is 0 Å². The number of anilines is 1. The summed E-state index contributed by atoms with van der Waals surface area (Å²) < 4.78 is 8.31. The summed E-state index contributed by atoms with van der Waals surface area (Å²) in [6.45, 7) is 2.20. The fraction of sp³-hybridized carbons (Fsp3) is 0.818. The second kappa shape index (κ2) is 4.15. The molecule has 0 atom stereocenters. The van der Waals surface area contributed by atoms with Gasteiger partial charge in [-0.2, -0.15) is 8.75 Å². The molecule has 16 heavy (non-hydrogen) atoms. The van der Waals surface area contributed by atoms with Gasteiger partial charge in [-0.15, -0.1) is 0 Å². The van der Waals surface area contributed by atoms with Crippen LogP contribution in [0.1, 0.15) is 38.5 Å². The van der Waals surface area contributed by atoms with Crippen LogP contribution in [-0.4, -0.2) is 21.8 Å². The topological polar surface area (TPSA) is 29.0 Å². The van der Waals surface area contributed by atoms with E-state index in [2.05, 4.69) is 13.6 Å². The Hall–Kier alpha value is -0.350. The Kier molecular flexibility index (Phi) is 2.80. The average Bonchev–Trinajstić information content (AvgIpc) is 2.90. The highest BCUT2D eigenvalue weighted by Crippen LogP contribution is 2.46. The van der Waals surface area contributed by atoms with Crippen LogP contribution in [0, 0.1) is 5.41 Å². The Labute approximate surface area is 105 Å². The third-order valence-corrected chi connectivity index (χ3v) is 5.09. The lowest BCUT2D eigenvalue weighted by Crippen LogP contribution is -2.39. The van der Waals surface area contributed by atoms with Gasteiger partial charge in [-0.05, 0) is 31.1 Å². The van der Waals surface area contributed by atoms with E-state index in [1.807, 2.05) is 0 Å². The SMILES string of the molecule is Clc1nsnc1N1CCC2(CCCC2)CC1. The second-order valence-corrected chi connectivity index (χ2v) is 5.96. The summed E-state index contributed by atoms with van der Waals surface area (Å²) >= 11 is 7.23. The summed E-state index contributed by atoms with van der Waals surface area (Å²) in [5.74, 6) is 0.902. The Morgan fingerprint density at radius 3 is 2.31 bits per heavy atom. The first-order chi connectivity index (χ1) is 7.79. The standard InChI is InChI=1S/C11H16ClN3S/c12-9-10(14-16-13-9)15-7-5-11(6-8-15)3-1-2-4-11/h1-8H2. The first-order valence-electron chi connectivity index (χ1n) is 6.02. The van der Waals surface area contributed by atoms with E-state index in [0.29, 0.717) is 10.6 Å². The molecule has 1 spiro atoms. The lowest BCUT2D eigenvalue weighted by Gasteiger charge is -2.39. The largest absolute Gasteiger partial charge is 0.353 e. The van der Waals surface area contributed by atoms with Crippen LogP contribution in [0.5, 0.6) is 0 Å². The maximum atomic E-state index is 6.02. The van der Waals surface area contributed by atoms with E-state index in [1.165, 1.54) is 50.3 Å². The van der Waals surface area contributed by atoms with Gasteiger partial charge in [-0.1, -0.05) is 24.4 Å². The van der Waals surface area contributed by atoms with Gasteiger partial charge in [0.25, 0.3) is 0 Å². The molecule has 1 aliphatic heterocycles. The smallest absolute Gasteiger partial charge is 0.187 e. The van der Waals surface area contributed by atoms with E-state index in [-0.39, 0.29) is 0 Å². The molecule has 1 aromatic heterocycles. The van der Waals surface area contributed by atoms with Gasteiger partial charge in [-0.3, -0.25) is 0 Å². The van der Waals surface area contributed by atoms with Crippen molar-refractivity contribution in [2.24, 2.45) is 5.41 Å². The van der Waals surface area contributed by atoms with Gasteiger partial charge in [0, 0.05) is 13.1 Å². The zero-order chi connectivity index (χ0) is 11.0. The molecule has 1 aromatic rings. The number of piperidine rings is 1. The summed E-state index contributed by atoms with van der Waals surface area (Å²) in [5, 5.41) is 0.576. The lowest BCUT2D eigenvalue weighted by atomic mass is 9.77. The van der Waals surface area contributed by atoms with Gasteiger partial charge >= 0.3 is 0 Å². The van der Waals surface area contributed by atoms with Crippen LogP contribution >= 0.6 is 23.3 Å². The fourth-order valence-electron chi connectivity index (χ4n) is 3.18. The molecule has 1 aliphatic carbocycles. The van der Waals surface area contributed by atoms with Gasteiger partial charge in [0.15, 0.2) is 11.0 Å². The maximum absolute atomic E-state index is 6.02. The molecule has 3 rings (SSSR count). The number of hydrogen-bond acceptors (Lipinski definition) is 4. The molecule has 1 saturated carbocycles. The number of hydrogen-bond donors (Lipinski definition) is 0. The Bertz CT molecular complexity index is 363. The van der Waals surface area contributed by atoms with Crippen molar-refractivity contribution in [1.82, 2.24) is 8.75 Å². The molecule has 0 amide bonds. The molecular formula is C11H16ClN3S. The zero-order valence-corrected chi connectivity index (χ0v) is 10.9. The number of rotatable bonds is 1. The molecule has 0 unspecified atom stereocenters. The minimum absolute atomic E-state index is 0.576. The van der Waals surface area contributed by atoms with Crippen LogP contribution in [0.3, 0.4) is 0 Å². The Balaban J connectivity index is 1.68. The normalized spacial score (nSPS) is 24.2. The van der Waals surface area contributed by atoms with Crippen LogP contribution < -0.4 is 4.90 Å². The third-order valence-electron chi connectivity index (χ3n) is 4.22. The quantitative estimate of drug-likeness (QED) is 0.773. The Morgan fingerprint density at radius 2 is 1.75 bits per heavy atom. The molecular weight excluding hydrogens is 242 g/mol. The highest BCUT2D eigenvalue weighted by molar-refractivity contribution is 6.99. The molecule has 88 valence electrons. The van der Waals surface area contributed by atoms with E-state index < -0.39 is 0 Å². The zero-order valence-electron chi connectivity index (χ0n) is 9.28. The van der Waals surface area contributed by atoms with Crippen molar-refractivity contribution >= 4 is 29.1 Å². The number of nitrogens with zero attached hydrogens (tertiary/aromatic N) is 3. The van der Waals surface area contributed by atoms with Crippen molar-refractivity contribution in [1.29, 1.82) is 0 Å². The van der Waals surface area contributed by atoms with Gasteiger partial charge < -0.3 is 4.90 Å². The molecule has 0 aromatic carbocycles.